The highest BCUT2D eigenvalue weighted by Crippen LogP contribution is 2.28. The molecule has 0 spiro atoms. The van der Waals surface area contributed by atoms with Crippen molar-refractivity contribution in [2.24, 2.45) is 0 Å². The Labute approximate surface area is 173 Å². The molecular weight excluding hydrogens is 397 g/mol. The molecule has 2 heterocycles. The minimum absolute atomic E-state index is 0.0851. The summed E-state index contributed by atoms with van der Waals surface area (Å²) in [7, 11) is 0. The van der Waals surface area contributed by atoms with Gasteiger partial charge in [0, 0.05) is 11.2 Å². The van der Waals surface area contributed by atoms with Gasteiger partial charge in [-0.05, 0) is 43.5 Å². The number of hydrogen-bond acceptors (Lipinski definition) is 4. The third-order valence-corrected chi connectivity index (χ3v) is 5.91. The molecule has 6 nitrogen and oxygen atoms in total. The lowest BCUT2D eigenvalue weighted by atomic mass is 10.2. The van der Waals surface area contributed by atoms with Crippen molar-refractivity contribution in [2.75, 3.05) is 5.32 Å². The van der Waals surface area contributed by atoms with E-state index in [1.54, 1.807) is 18.3 Å². The maximum absolute atomic E-state index is 12.6. The lowest BCUT2D eigenvalue weighted by Crippen LogP contribution is -2.22. The maximum Gasteiger partial charge on any atom is 0.292 e. The van der Waals surface area contributed by atoms with Crippen LogP contribution in [0.15, 0.2) is 41.5 Å². The number of rotatable bonds is 5. The first-order valence-electron chi connectivity index (χ1n) is 9.35. The zero-order chi connectivity index (χ0) is 19.7. The second-order valence-electron chi connectivity index (χ2n) is 7.10. The van der Waals surface area contributed by atoms with Crippen LogP contribution in [0.1, 0.15) is 43.0 Å². The summed E-state index contributed by atoms with van der Waals surface area (Å²) in [6.07, 6.45) is 8.47. The maximum atomic E-state index is 12.6. The average molecular weight is 418 g/mol. The van der Waals surface area contributed by atoms with Gasteiger partial charge in [0.15, 0.2) is 0 Å². The Hall–Kier alpha value is -2.31. The van der Waals surface area contributed by atoms with E-state index in [9.17, 15) is 4.79 Å². The predicted molar refractivity (Wildman–Crippen MR) is 112 cm³/mol. The Morgan fingerprint density at radius 3 is 2.75 bits per heavy atom. The van der Waals surface area contributed by atoms with E-state index in [2.05, 4.69) is 15.5 Å². The predicted octanol–water partition coefficient (Wildman–Crippen LogP) is 4.77. The van der Waals surface area contributed by atoms with Crippen molar-refractivity contribution in [2.45, 2.75) is 45.2 Å². The van der Waals surface area contributed by atoms with E-state index in [1.165, 1.54) is 30.4 Å². The summed E-state index contributed by atoms with van der Waals surface area (Å²) in [6.45, 7) is 2.37. The fourth-order valence-electron chi connectivity index (χ4n) is 3.48. The summed E-state index contributed by atoms with van der Waals surface area (Å²) in [5, 5.41) is 12.7. The van der Waals surface area contributed by atoms with Crippen molar-refractivity contribution in [3.05, 3.63) is 68.3 Å². The second-order valence-corrected chi connectivity index (χ2v) is 7.89. The molecule has 0 radical (unpaired) electrons. The summed E-state index contributed by atoms with van der Waals surface area (Å²) >= 11 is 12.5. The lowest BCUT2D eigenvalue weighted by Gasteiger charge is -2.11. The van der Waals surface area contributed by atoms with E-state index in [4.69, 9.17) is 23.2 Å². The average Bonchev–Trinajstić information content (AvgIpc) is 3.37. The molecule has 2 aromatic heterocycles. The van der Waals surface area contributed by atoms with Crippen LogP contribution in [-0.4, -0.2) is 19.6 Å². The Balaban J connectivity index is 1.50. The van der Waals surface area contributed by atoms with Gasteiger partial charge in [0.1, 0.15) is 5.02 Å². The van der Waals surface area contributed by atoms with Crippen molar-refractivity contribution < 1.29 is 0 Å². The van der Waals surface area contributed by atoms with Crippen LogP contribution in [0.3, 0.4) is 0 Å². The van der Waals surface area contributed by atoms with Gasteiger partial charge in [-0.2, -0.15) is 14.9 Å². The zero-order valence-electron chi connectivity index (χ0n) is 15.5. The Morgan fingerprint density at radius 1 is 1.21 bits per heavy atom. The Bertz CT molecular complexity index is 1050. The van der Waals surface area contributed by atoms with Crippen LogP contribution < -0.4 is 10.9 Å². The standard InChI is InChI=1S/C20H21Cl2N5O/c1-13-6-7-16(10-17(13)21)27-20(28)19(22)18(12-24-27)23-11-14-8-9-26(25-14)15-4-2-3-5-15/h6-10,12,15,23H,2-5,11H2,1H3. The molecule has 0 bridgehead atoms. The summed E-state index contributed by atoms with van der Waals surface area (Å²) in [5.74, 6) is 0. The van der Waals surface area contributed by atoms with Gasteiger partial charge in [0.25, 0.3) is 5.56 Å². The normalized spacial score (nSPS) is 14.5. The number of benzene rings is 1. The van der Waals surface area contributed by atoms with Crippen LogP contribution in [0.5, 0.6) is 0 Å². The van der Waals surface area contributed by atoms with E-state index >= 15 is 0 Å². The molecule has 1 N–H and O–H groups in total. The molecule has 28 heavy (non-hydrogen) atoms. The molecule has 3 aromatic rings. The highest BCUT2D eigenvalue weighted by atomic mass is 35.5. The molecule has 0 unspecified atom stereocenters. The Morgan fingerprint density at radius 2 is 2.00 bits per heavy atom. The SMILES string of the molecule is Cc1ccc(-n2ncc(NCc3ccn(C4CCCC4)n3)c(Cl)c2=O)cc1Cl. The smallest absolute Gasteiger partial charge is 0.292 e. The van der Waals surface area contributed by atoms with E-state index in [1.807, 2.05) is 29.9 Å². The van der Waals surface area contributed by atoms with Crippen LogP contribution in [0.2, 0.25) is 10.0 Å². The molecule has 1 saturated carbocycles. The molecule has 0 aliphatic heterocycles. The summed E-state index contributed by atoms with van der Waals surface area (Å²) < 4.78 is 3.29. The fraction of sp³-hybridized carbons (Fsp3) is 0.350. The molecule has 1 aliphatic carbocycles. The van der Waals surface area contributed by atoms with E-state index in [-0.39, 0.29) is 5.02 Å². The number of aromatic nitrogens is 4. The third kappa shape index (κ3) is 3.80. The molecule has 8 heteroatoms. The summed E-state index contributed by atoms with van der Waals surface area (Å²) in [6, 6.07) is 7.82. The summed E-state index contributed by atoms with van der Waals surface area (Å²) in [4.78, 5) is 12.6. The number of anilines is 1. The molecule has 4 rings (SSSR count). The van der Waals surface area contributed by atoms with Gasteiger partial charge >= 0.3 is 0 Å². The monoisotopic (exact) mass is 417 g/mol. The van der Waals surface area contributed by atoms with Gasteiger partial charge in [-0.3, -0.25) is 9.48 Å². The van der Waals surface area contributed by atoms with Crippen molar-refractivity contribution in [3.63, 3.8) is 0 Å². The molecule has 1 fully saturated rings. The minimum atomic E-state index is -0.400. The van der Waals surface area contributed by atoms with Gasteiger partial charge < -0.3 is 5.32 Å². The third-order valence-electron chi connectivity index (χ3n) is 5.14. The quantitative estimate of drug-likeness (QED) is 0.648. The van der Waals surface area contributed by atoms with Crippen molar-refractivity contribution in [1.29, 1.82) is 0 Å². The molecule has 1 aliphatic rings. The number of aryl methyl sites for hydroxylation is 1. The number of nitrogens with one attached hydrogen (secondary N) is 1. The minimum Gasteiger partial charge on any atom is -0.377 e. The number of nitrogens with zero attached hydrogens (tertiary/aromatic N) is 4. The summed E-state index contributed by atoms with van der Waals surface area (Å²) in [5.41, 5.74) is 2.49. The zero-order valence-corrected chi connectivity index (χ0v) is 17.0. The topological polar surface area (TPSA) is 64.7 Å². The molecule has 0 amide bonds. The van der Waals surface area contributed by atoms with Gasteiger partial charge in [0.2, 0.25) is 0 Å². The van der Waals surface area contributed by atoms with Crippen molar-refractivity contribution in [1.82, 2.24) is 19.6 Å². The van der Waals surface area contributed by atoms with Gasteiger partial charge in [0.05, 0.1) is 35.9 Å². The van der Waals surface area contributed by atoms with Gasteiger partial charge in [-0.1, -0.05) is 42.1 Å². The Kier molecular flexibility index (Phi) is 5.42. The van der Waals surface area contributed by atoms with Gasteiger partial charge in [-0.25, -0.2) is 0 Å². The highest BCUT2D eigenvalue weighted by Gasteiger charge is 2.17. The lowest BCUT2D eigenvalue weighted by molar-refractivity contribution is 0.463. The van der Waals surface area contributed by atoms with E-state index in [0.29, 0.717) is 29.0 Å². The van der Waals surface area contributed by atoms with Crippen LogP contribution in [0.25, 0.3) is 5.69 Å². The molecule has 0 atom stereocenters. The van der Waals surface area contributed by atoms with Gasteiger partial charge in [-0.15, -0.1) is 0 Å². The molecular formula is C20H21Cl2N5O. The second kappa shape index (κ2) is 7.97. The van der Waals surface area contributed by atoms with Crippen LogP contribution in [0, 0.1) is 6.92 Å². The molecule has 0 saturated heterocycles. The van der Waals surface area contributed by atoms with E-state index in [0.717, 1.165) is 11.3 Å². The van der Waals surface area contributed by atoms with Crippen LogP contribution in [0.4, 0.5) is 5.69 Å². The molecule has 1 aromatic carbocycles. The highest BCUT2D eigenvalue weighted by molar-refractivity contribution is 6.33. The first-order valence-corrected chi connectivity index (χ1v) is 10.1. The van der Waals surface area contributed by atoms with Crippen molar-refractivity contribution >= 4 is 28.9 Å². The largest absolute Gasteiger partial charge is 0.377 e. The number of halogens is 2. The number of hydrogen-bond donors (Lipinski definition) is 1. The van der Waals surface area contributed by atoms with E-state index < -0.39 is 5.56 Å². The fourth-order valence-corrected chi connectivity index (χ4v) is 3.85. The van der Waals surface area contributed by atoms with Crippen molar-refractivity contribution in [3.8, 4) is 5.69 Å². The van der Waals surface area contributed by atoms with Crippen LogP contribution >= 0.6 is 23.2 Å². The first kappa shape index (κ1) is 19.0. The first-order chi connectivity index (χ1) is 13.5. The molecule has 146 valence electrons. The van der Waals surface area contributed by atoms with Crippen LogP contribution in [-0.2, 0) is 6.54 Å².